The van der Waals surface area contributed by atoms with Crippen molar-refractivity contribution in [3.63, 3.8) is 0 Å². The Morgan fingerprint density at radius 2 is 1.50 bits per heavy atom. The first-order valence-corrected chi connectivity index (χ1v) is 7.26. The number of hydrogen-bond donors (Lipinski definition) is 0. The fourth-order valence-electron chi connectivity index (χ4n) is 2.15. The van der Waals surface area contributed by atoms with Crippen molar-refractivity contribution in [2.75, 3.05) is 0 Å². The van der Waals surface area contributed by atoms with E-state index in [0.717, 1.165) is 10.2 Å². The van der Waals surface area contributed by atoms with Gasteiger partial charge in [0.1, 0.15) is 0 Å². The first kappa shape index (κ1) is 11.3. The zero-order chi connectivity index (χ0) is 12.5. The van der Waals surface area contributed by atoms with E-state index in [1.165, 1.54) is 10.8 Å². The van der Waals surface area contributed by atoms with E-state index in [9.17, 15) is 4.79 Å². The van der Waals surface area contributed by atoms with E-state index in [1.54, 1.807) is 0 Å². The van der Waals surface area contributed by atoms with Crippen LogP contribution >= 0.6 is 7.76 Å². The van der Waals surface area contributed by atoms with Gasteiger partial charge >= 0.3 is 5.97 Å². The highest BCUT2D eigenvalue weighted by Crippen LogP contribution is 2.47. The van der Waals surface area contributed by atoms with Gasteiger partial charge in [0.2, 0.25) is 0 Å². The van der Waals surface area contributed by atoms with Crippen molar-refractivity contribution in [2.24, 2.45) is 0 Å². The van der Waals surface area contributed by atoms with Crippen molar-refractivity contribution < 1.29 is 9.32 Å². The van der Waals surface area contributed by atoms with Crippen molar-refractivity contribution in [3.05, 3.63) is 48.5 Å². The van der Waals surface area contributed by atoms with E-state index in [-0.39, 0.29) is 5.97 Å². The summed E-state index contributed by atoms with van der Waals surface area (Å²) in [6.45, 7) is 1.82. The zero-order valence-electron chi connectivity index (χ0n) is 10.1. The normalized spacial score (nSPS) is 10.9. The summed E-state index contributed by atoms with van der Waals surface area (Å²) in [6, 6.07) is 16.4. The summed E-state index contributed by atoms with van der Waals surface area (Å²) >= 11 is 0. The number of hydrogen-bond acceptors (Lipinski definition) is 2. The monoisotopic (exact) mass is 256 g/mol. The Morgan fingerprint density at radius 3 is 2.00 bits per heavy atom. The van der Waals surface area contributed by atoms with Crippen molar-refractivity contribution in [3.8, 4) is 0 Å². The summed E-state index contributed by atoms with van der Waals surface area (Å²) in [5, 5.41) is 4.69. The Labute approximate surface area is 106 Å². The maximum atomic E-state index is 11.6. The maximum Gasteiger partial charge on any atom is 0.313 e. The van der Waals surface area contributed by atoms with E-state index in [4.69, 9.17) is 4.52 Å². The lowest BCUT2D eigenvalue weighted by atomic mass is 10.2. The first-order chi connectivity index (χ1) is 8.81. The van der Waals surface area contributed by atoms with Crippen molar-refractivity contribution in [1.82, 2.24) is 0 Å². The van der Waals surface area contributed by atoms with Crippen LogP contribution in [-0.2, 0) is 4.79 Å². The first-order valence-electron chi connectivity index (χ1n) is 6.00. The predicted molar refractivity (Wildman–Crippen MR) is 76.0 cm³/mol. The number of fused-ring (bicyclic) bond motifs is 3. The Balaban J connectivity index is 2.34. The van der Waals surface area contributed by atoms with E-state index in [2.05, 4.69) is 24.3 Å². The van der Waals surface area contributed by atoms with Gasteiger partial charge in [0.15, 0.2) is 0 Å². The number of carbonyl (C=O) groups excluding carboxylic acids is 1. The minimum atomic E-state index is -0.972. The average molecular weight is 256 g/mol. The van der Waals surface area contributed by atoms with Crippen molar-refractivity contribution >= 4 is 34.7 Å². The molecule has 0 radical (unpaired) electrons. The molecule has 1 aromatic heterocycles. The molecule has 1 heterocycles. The SMILES string of the molecule is CCC(=O)Op1c2ccccc2c2ccccc21. The zero-order valence-corrected chi connectivity index (χ0v) is 11.0. The molecule has 90 valence electrons. The van der Waals surface area contributed by atoms with Gasteiger partial charge < -0.3 is 4.52 Å². The summed E-state index contributed by atoms with van der Waals surface area (Å²) in [5.74, 6) is -0.132. The Morgan fingerprint density at radius 1 is 1.00 bits per heavy atom. The second-order valence-electron chi connectivity index (χ2n) is 4.15. The highest BCUT2D eigenvalue weighted by atomic mass is 31.1. The van der Waals surface area contributed by atoms with Gasteiger partial charge in [-0.2, -0.15) is 0 Å². The van der Waals surface area contributed by atoms with Crippen molar-refractivity contribution in [1.29, 1.82) is 0 Å². The Hall–Kier alpha value is -1.79. The minimum absolute atomic E-state index is 0.132. The van der Waals surface area contributed by atoms with Crippen LogP contribution in [0.4, 0.5) is 0 Å². The molecule has 0 aliphatic carbocycles. The molecule has 0 atom stereocenters. The molecule has 0 bridgehead atoms. The largest absolute Gasteiger partial charge is 0.413 e. The summed E-state index contributed by atoms with van der Waals surface area (Å²) < 4.78 is 5.64. The topological polar surface area (TPSA) is 26.3 Å². The molecule has 0 saturated carbocycles. The van der Waals surface area contributed by atoms with Crippen LogP contribution in [0.5, 0.6) is 0 Å². The van der Waals surface area contributed by atoms with Crippen LogP contribution in [0.2, 0.25) is 0 Å². The molecular weight excluding hydrogens is 243 g/mol. The quantitative estimate of drug-likeness (QED) is 0.681. The number of carbonyl (C=O) groups is 1. The molecule has 3 rings (SSSR count). The van der Waals surface area contributed by atoms with E-state index < -0.39 is 7.76 Å². The summed E-state index contributed by atoms with van der Waals surface area (Å²) in [6.07, 6.45) is 0.420. The van der Waals surface area contributed by atoms with Gasteiger partial charge in [-0.1, -0.05) is 43.3 Å². The molecule has 3 aromatic rings. The molecule has 0 aliphatic heterocycles. The minimum Gasteiger partial charge on any atom is -0.413 e. The van der Waals surface area contributed by atoms with Gasteiger partial charge in [0.05, 0.1) is 7.76 Å². The van der Waals surface area contributed by atoms with E-state index in [0.29, 0.717) is 6.42 Å². The molecule has 2 aromatic carbocycles. The third-order valence-electron chi connectivity index (χ3n) is 3.02. The summed E-state index contributed by atoms with van der Waals surface area (Å²) in [5.41, 5.74) is 0. The van der Waals surface area contributed by atoms with Crippen LogP contribution in [0.1, 0.15) is 13.3 Å². The standard InChI is InChI=1S/C15H13O2P/c1-2-15(16)17-18-13-9-5-3-7-11(13)12-8-4-6-10-14(12)18/h3-10H,2H2,1H3. The maximum absolute atomic E-state index is 11.6. The van der Waals surface area contributed by atoms with Gasteiger partial charge in [0.25, 0.3) is 0 Å². The van der Waals surface area contributed by atoms with E-state index >= 15 is 0 Å². The van der Waals surface area contributed by atoms with Crippen LogP contribution in [0.3, 0.4) is 0 Å². The lowest BCUT2D eigenvalue weighted by molar-refractivity contribution is -0.130. The molecular formula is C15H13O2P. The van der Waals surface area contributed by atoms with Gasteiger partial charge in [-0.3, -0.25) is 4.79 Å². The average Bonchev–Trinajstić information content (AvgIpc) is 2.74. The second kappa shape index (κ2) is 4.47. The fraction of sp³-hybridized carbons (Fsp3) is 0.133. The van der Waals surface area contributed by atoms with E-state index in [1.807, 2.05) is 31.2 Å². The van der Waals surface area contributed by atoms with Crippen LogP contribution in [0.25, 0.3) is 21.0 Å². The fourth-order valence-corrected chi connectivity index (χ4v) is 4.21. The lowest BCUT2D eigenvalue weighted by Gasteiger charge is -2.02. The van der Waals surface area contributed by atoms with Crippen LogP contribution in [-0.4, -0.2) is 5.97 Å². The third-order valence-corrected chi connectivity index (χ3v) is 5.06. The molecule has 0 spiro atoms. The van der Waals surface area contributed by atoms with Crippen LogP contribution in [0, 0.1) is 0 Å². The number of benzene rings is 2. The molecule has 18 heavy (non-hydrogen) atoms. The second-order valence-corrected chi connectivity index (χ2v) is 5.88. The van der Waals surface area contributed by atoms with Gasteiger partial charge in [-0.05, 0) is 22.9 Å². The molecule has 0 aliphatic rings. The lowest BCUT2D eigenvalue weighted by Crippen LogP contribution is -2.02. The highest BCUT2D eigenvalue weighted by Gasteiger charge is 2.14. The van der Waals surface area contributed by atoms with Gasteiger partial charge in [0, 0.05) is 16.7 Å². The Bertz CT molecular complexity index is 674. The van der Waals surface area contributed by atoms with Crippen molar-refractivity contribution in [2.45, 2.75) is 13.3 Å². The van der Waals surface area contributed by atoms with Crippen LogP contribution in [0.15, 0.2) is 48.5 Å². The molecule has 0 N–H and O–H groups in total. The highest BCUT2D eigenvalue weighted by molar-refractivity contribution is 7.57. The number of rotatable bonds is 2. The summed E-state index contributed by atoms with van der Waals surface area (Å²) in [4.78, 5) is 11.6. The van der Waals surface area contributed by atoms with Gasteiger partial charge in [-0.15, -0.1) is 0 Å². The molecule has 0 fully saturated rings. The molecule has 0 amide bonds. The van der Waals surface area contributed by atoms with Gasteiger partial charge in [-0.25, -0.2) is 0 Å². The molecule has 3 heteroatoms. The molecule has 2 nitrogen and oxygen atoms in total. The smallest absolute Gasteiger partial charge is 0.313 e. The summed E-state index contributed by atoms with van der Waals surface area (Å²) in [7, 11) is -0.972. The predicted octanol–water partition coefficient (Wildman–Crippen LogP) is 4.34. The third kappa shape index (κ3) is 1.70. The molecule has 0 unspecified atom stereocenters. The Kier molecular flexibility index (Phi) is 2.81. The molecule has 0 saturated heterocycles. The van der Waals surface area contributed by atoms with Crippen LogP contribution < -0.4 is 4.52 Å².